The molecule has 1 aliphatic rings. The van der Waals surface area contributed by atoms with Crippen LogP contribution in [0.15, 0.2) is 24.3 Å². The molecule has 1 N–H and O–H groups in total. The number of morpholine rings is 1. The lowest BCUT2D eigenvalue weighted by Gasteiger charge is -2.39. The highest BCUT2D eigenvalue weighted by molar-refractivity contribution is 5.67. The smallest absolute Gasteiger partial charge is 0.305 e. The fraction of sp³-hybridized carbons (Fsp3) is 0.500. The van der Waals surface area contributed by atoms with E-state index in [9.17, 15) is 9.18 Å². The number of hydrogen-bond donors (Lipinski definition) is 1. The molecule has 1 aromatic carbocycles. The topological polar surface area (TPSA) is 49.8 Å². The van der Waals surface area contributed by atoms with Crippen LogP contribution in [0.1, 0.15) is 24.9 Å². The summed E-state index contributed by atoms with van der Waals surface area (Å²) in [7, 11) is 0. The molecule has 1 aromatic rings. The van der Waals surface area contributed by atoms with Gasteiger partial charge in [-0.25, -0.2) is 4.39 Å². The molecular formula is C14H18FNO3. The molecule has 0 saturated carbocycles. The summed E-state index contributed by atoms with van der Waals surface area (Å²) in [6, 6.07) is 6.26. The van der Waals surface area contributed by atoms with Gasteiger partial charge in [0.2, 0.25) is 0 Å². The van der Waals surface area contributed by atoms with Gasteiger partial charge in [0.1, 0.15) is 5.82 Å². The Labute approximate surface area is 111 Å². The summed E-state index contributed by atoms with van der Waals surface area (Å²) < 4.78 is 18.3. The zero-order valence-corrected chi connectivity index (χ0v) is 10.9. The van der Waals surface area contributed by atoms with E-state index in [1.807, 2.05) is 6.92 Å². The third kappa shape index (κ3) is 3.52. The van der Waals surface area contributed by atoms with E-state index in [0.717, 1.165) is 5.56 Å². The van der Waals surface area contributed by atoms with Gasteiger partial charge in [0.15, 0.2) is 0 Å². The second kappa shape index (κ2) is 6.12. The summed E-state index contributed by atoms with van der Waals surface area (Å²) in [5.74, 6) is -1.09. The standard InChI is InChI=1S/C14H18FNO3/c1-10(11-2-4-12(15)5-3-11)16-6-7-19-9-13(16)8-14(17)18/h2-5,10,13H,6-9H2,1H3,(H,17,18). The van der Waals surface area contributed by atoms with Crippen molar-refractivity contribution in [2.45, 2.75) is 25.4 Å². The first-order valence-electron chi connectivity index (χ1n) is 6.38. The first-order valence-corrected chi connectivity index (χ1v) is 6.38. The van der Waals surface area contributed by atoms with Crippen LogP contribution >= 0.6 is 0 Å². The van der Waals surface area contributed by atoms with Gasteiger partial charge in [0, 0.05) is 18.6 Å². The number of carboxylic acids is 1. The van der Waals surface area contributed by atoms with Gasteiger partial charge in [-0.3, -0.25) is 9.69 Å². The number of carbonyl (C=O) groups is 1. The summed E-state index contributed by atoms with van der Waals surface area (Å²) in [5, 5.41) is 8.94. The van der Waals surface area contributed by atoms with Gasteiger partial charge in [-0.15, -0.1) is 0 Å². The summed E-state index contributed by atoms with van der Waals surface area (Å²) >= 11 is 0. The van der Waals surface area contributed by atoms with Crippen LogP contribution in [0.2, 0.25) is 0 Å². The van der Waals surface area contributed by atoms with E-state index in [4.69, 9.17) is 9.84 Å². The second-order valence-electron chi connectivity index (χ2n) is 4.79. The molecule has 2 rings (SSSR count). The Morgan fingerprint density at radius 3 is 2.84 bits per heavy atom. The molecule has 1 saturated heterocycles. The van der Waals surface area contributed by atoms with E-state index in [0.29, 0.717) is 19.8 Å². The van der Waals surface area contributed by atoms with E-state index < -0.39 is 5.97 Å². The van der Waals surface area contributed by atoms with Crippen LogP contribution in [0.5, 0.6) is 0 Å². The molecule has 1 heterocycles. The molecule has 5 heteroatoms. The highest BCUT2D eigenvalue weighted by atomic mass is 19.1. The van der Waals surface area contributed by atoms with Crippen LogP contribution in [0.4, 0.5) is 4.39 Å². The number of nitrogens with zero attached hydrogens (tertiary/aromatic N) is 1. The summed E-state index contributed by atoms with van der Waals surface area (Å²) in [4.78, 5) is 13.0. The van der Waals surface area contributed by atoms with Gasteiger partial charge < -0.3 is 9.84 Å². The van der Waals surface area contributed by atoms with E-state index >= 15 is 0 Å². The van der Waals surface area contributed by atoms with Crippen LogP contribution in [-0.2, 0) is 9.53 Å². The molecule has 1 aliphatic heterocycles. The van der Waals surface area contributed by atoms with Gasteiger partial charge in [-0.1, -0.05) is 12.1 Å². The number of rotatable bonds is 4. The first-order chi connectivity index (χ1) is 9.08. The zero-order chi connectivity index (χ0) is 13.8. The third-order valence-corrected chi connectivity index (χ3v) is 3.53. The van der Waals surface area contributed by atoms with Gasteiger partial charge in [0.05, 0.1) is 19.6 Å². The molecule has 104 valence electrons. The molecule has 4 nitrogen and oxygen atoms in total. The lowest BCUT2D eigenvalue weighted by molar-refractivity contribution is -0.140. The maximum atomic E-state index is 12.9. The number of benzene rings is 1. The molecule has 0 aliphatic carbocycles. The van der Waals surface area contributed by atoms with Crippen molar-refractivity contribution in [1.29, 1.82) is 0 Å². The fourth-order valence-electron chi connectivity index (χ4n) is 2.49. The molecular weight excluding hydrogens is 249 g/mol. The summed E-state index contributed by atoms with van der Waals surface area (Å²) in [6.45, 7) is 3.73. The SMILES string of the molecule is CC(c1ccc(F)cc1)N1CCOCC1CC(=O)O. The van der Waals surface area contributed by atoms with Crippen LogP contribution < -0.4 is 0 Å². The predicted octanol–water partition coefficient (Wildman–Crippen LogP) is 2.06. The van der Waals surface area contributed by atoms with Crippen molar-refractivity contribution in [3.05, 3.63) is 35.6 Å². The maximum absolute atomic E-state index is 12.9. The molecule has 0 bridgehead atoms. The minimum atomic E-state index is -0.827. The second-order valence-corrected chi connectivity index (χ2v) is 4.79. The largest absolute Gasteiger partial charge is 0.481 e. The van der Waals surface area contributed by atoms with Crippen LogP contribution in [0.25, 0.3) is 0 Å². The number of ether oxygens (including phenoxy) is 1. The van der Waals surface area contributed by atoms with Crippen molar-refractivity contribution < 1.29 is 19.0 Å². The van der Waals surface area contributed by atoms with Gasteiger partial charge in [-0.2, -0.15) is 0 Å². The van der Waals surface area contributed by atoms with E-state index in [1.165, 1.54) is 12.1 Å². The number of hydrogen-bond acceptors (Lipinski definition) is 3. The highest BCUT2D eigenvalue weighted by Gasteiger charge is 2.29. The Bertz CT molecular complexity index is 435. The fourth-order valence-corrected chi connectivity index (χ4v) is 2.49. The molecule has 1 fully saturated rings. The van der Waals surface area contributed by atoms with Crippen LogP contribution in [-0.4, -0.2) is 41.8 Å². The molecule has 0 aromatic heterocycles. The quantitative estimate of drug-likeness (QED) is 0.907. The lowest BCUT2D eigenvalue weighted by Crippen LogP contribution is -2.47. The van der Waals surface area contributed by atoms with Gasteiger partial charge in [-0.05, 0) is 24.6 Å². The highest BCUT2D eigenvalue weighted by Crippen LogP contribution is 2.25. The van der Waals surface area contributed by atoms with Crippen LogP contribution in [0, 0.1) is 5.82 Å². The predicted molar refractivity (Wildman–Crippen MR) is 68.4 cm³/mol. The van der Waals surface area contributed by atoms with Crippen molar-refractivity contribution in [3.63, 3.8) is 0 Å². The maximum Gasteiger partial charge on any atom is 0.305 e. The molecule has 2 unspecified atom stereocenters. The molecule has 0 radical (unpaired) electrons. The van der Waals surface area contributed by atoms with Gasteiger partial charge in [0.25, 0.3) is 0 Å². The zero-order valence-electron chi connectivity index (χ0n) is 10.9. The minimum Gasteiger partial charge on any atom is -0.481 e. The van der Waals surface area contributed by atoms with Crippen molar-refractivity contribution in [2.24, 2.45) is 0 Å². The average Bonchev–Trinajstić information content (AvgIpc) is 2.39. The number of carboxylic acid groups (broad SMARTS) is 1. The Hall–Kier alpha value is -1.46. The van der Waals surface area contributed by atoms with E-state index in [2.05, 4.69) is 4.90 Å². The van der Waals surface area contributed by atoms with E-state index in [-0.39, 0.29) is 24.3 Å². The number of halogens is 1. The van der Waals surface area contributed by atoms with Crippen molar-refractivity contribution in [2.75, 3.05) is 19.8 Å². The van der Waals surface area contributed by atoms with Gasteiger partial charge >= 0.3 is 5.97 Å². The van der Waals surface area contributed by atoms with Crippen LogP contribution in [0.3, 0.4) is 0 Å². The van der Waals surface area contributed by atoms with Crippen molar-refractivity contribution >= 4 is 5.97 Å². The average molecular weight is 267 g/mol. The third-order valence-electron chi connectivity index (χ3n) is 3.53. The van der Waals surface area contributed by atoms with Crippen molar-refractivity contribution in [1.82, 2.24) is 4.90 Å². The molecule has 2 atom stereocenters. The molecule has 19 heavy (non-hydrogen) atoms. The Morgan fingerprint density at radius 1 is 1.53 bits per heavy atom. The lowest BCUT2D eigenvalue weighted by atomic mass is 10.0. The Balaban J connectivity index is 2.12. The molecule has 0 amide bonds. The Kier molecular flexibility index (Phi) is 4.50. The Morgan fingerprint density at radius 2 is 2.21 bits per heavy atom. The number of aliphatic carboxylic acids is 1. The minimum absolute atomic E-state index is 0.0499. The summed E-state index contributed by atoms with van der Waals surface area (Å²) in [5.41, 5.74) is 0.985. The van der Waals surface area contributed by atoms with Crippen molar-refractivity contribution in [3.8, 4) is 0 Å². The summed E-state index contributed by atoms with van der Waals surface area (Å²) in [6.07, 6.45) is 0.0610. The normalized spacial score (nSPS) is 22.1. The van der Waals surface area contributed by atoms with E-state index in [1.54, 1.807) is 12.1 Å². The monoisotopic (exact) mass is 267 g/mol. The first kappa shape index (κ1) is 14.0. The molecule has 0 spiro atoms.